The Morgan fingerprint density at radius 1 is 0.585 bits per heavy atom. The second kappa shape index (κ2) is 30.1. The molecule has 8 N–H and O–H groups in total. The van der Waals surface area contributed by atoms with E-state index in [4.69, 9.17) is 21.0 Å². The first-order chi connectivity index (χ1) is 39.1. The molecule has 82 heavy (non-hydrogen) atoms. The summed E-state index contributed by atoms with van der Waals surface area (Å²) in [7, 11) is 5.17. The van der Waals surface area contributed by atoms with Crippen molar-refractivity contribution < 1.29 is 65.8 Å². The number of ether oxygens (including phenoxy) is 3. The molecule has 3 aliphatic heterocycles. The molecule has 3 unspecified atom stereocenters. The molecule has 2 radical (unpaired) electrons. The Balaban J connectivity index is 0.000000252. The van der Waals surface area contributed by atoms with Gasteiger partial charge in [0, 0.05) is 53.3 Å². The third-order valence-corrected chi connectivity index (χ3v) is 13.7. The maximum atomic E-state index is 12.7. The van der Waals surface area contributed by atoms with Crippen LogP contribution in [0.1, 0.15) is 67.8 Å². The van der Waals surface area contributed by atoms with Crippen LogP contribution in [0.15, 0.2) is 98.8 Å². The Hall–Kier alpha value is -8.16. The number of piperidine rings is 3. The molecule has 3 fully saturated rings. The fourth-order valence-corrected chi connectivity index (χ4v) is 9.53. The standard InChI is InChI=1S/C18H21N3O7S.C17H19N3O5.C13H12BrN3O3.C4H8O2.BH.H3N/c1-20-15-11-12(7-8-27-9-10-28-29(2,25)26)3-4-13(15)21(18(20)24)14-5-6-16(22)19-17(14)23;1-19-14-10-11(6-8-25-9-7-21)2-3-12(14)20(17(19)24)13-4-5-15(22)18-16(13)23;1-16-10-6-7(14)2-3-8(10)17(13(16)20)9-4-5-11(18)15-12(9)19;1-2-6-4-3-5;;/h3-4,7-8,11,14H,5-6,9-10H2,1-2H3,(H,19,22,23);2-3,6,8,10,13,21H,4-5,7,9H2,1H3,(H,18,22,23);2-3,6,9H,4-5H2,1H3,(H,15,18,19);2,5H,1,3-4H2;1H;1H3/b8-7+;8-6+;;;;/i;;;;1T;. The Morgan fingerprint density at radius 2 is 0.939 bits per heavy atom. The minimum absolute atomic E-state index is 0. The summed E-state index contributed by atoms with van der Waals surface area (Å²) in [5, 5.41) is 23.5. The maximum absolute atomic E-state index is 12.7. The first-order valence-corrected chi connectivity index (χ1v) is 27.4. The van der Waals surface area contributed by atoms with Gasteiger partial charge in [-0.1, -0.05) is 34.6 Å². The summed E-state index contributed by atoms with van der Waals surface area (Å²) in [6, 6.07) is 14.0. The minimum atomic E-state index is -3.50. The fourth-order valence-electron chi connectivity index (χ4n) is 8.81. The molecule has 3 aromatic heterocycles. The van der Waals surface area contributed by atoms with Gasteiger partial charge in [-0.3, -0.25) is 76.3 Å². The van der Waals surface area contributed by atoms with Crippen LogP contribution in [0.25, 0.3) is 45.3 Å². The van der Waals surface area contributed by atoms with E-state index in [1.165, 1.54) is 46.2 Å². The van der Waals surface area contributed by atoms with Gasteiger partial charge >= 0.3 is 17.1 Å². The summed E-state index contributed by atoms with van der Waals surface area (Å²) in [6.07, 6.45) is 10.1. The fraction of sp³-hybridized carbons (Fsp3) is 0.365. The number of fused-ring (bicyclic) bond motifs is 3. The molecule has 3 aromatic carbocycles. The summed E-state index contributed by atoms with van der Waals surface area (Å²) in [4.78, 5) is 108. The van der Waals surface area contributed by atoms with Gasteiger partial charge in [0.05, 0.1) is 71.4 Å². The zero-order valence-electron chi connectivity index (χ0n) is 46.3. The molecule has 0 spiro atoms. The Labute approximate surface area is 480 Å². The zero-order valence-corrected chi connectivity index (χ0v) is 47.7. The van der Waals surface area contributed by atoms with Crippen molar-refractivity contribution in [3.63, 3.8) is 0 Å². The third-order valence-electron chi connectivity index (χ3n) is 12.6. The molecule has 6 aromatic rings. The molecule has 3 atom stereocenters. The highest BCUT2D eigenvalue weighted by atomic mass is 79.9. The Kier molecular flexibility index (Phi) is 23.7. The Bertz CT molecular complexity index is 3720. The number of aryl methyl sites for hydroxylation is 3. The van der Waals surface area contributed by atoms with Crippen molar-refractivity contribution in [2.24, 2.45) is 21.1 Å². The number of amides is 6. The molecule has 0 saturated carbocycles. The van der Waals surface area contributed by atoms with Crippen LogP contribution in [-0.2, 0) is 78.4 Å². The summed E-state index contributed by atoms with van der Waals surface area (Å²) < 4.78 is 55.9. The summed E-state index contributed by atoms with van der Waals surface area (Å²) >= 11 is 3.37. The lowest BCUT2D eigenvalue weighted by Crippen LogP contribution is -2.44. The molecule has 9 rings (SSSR count). The molecule has 30 heteroatoms. The first-order valence-electron chi connectivity index (χ1n) is 25.3. The molecular weight excluding hydrogens is 1160 g/mol. The molecule has 0 aliphatic carbocycles. The van der Waals surface area contributed by atoms with Gasteiger partial charge in [-0.25, -0.2) is 14.4 Å². The van der Waals surface area contributed by atoms with Gasteiger partial charge < -0.3 is 30.6 Å². The van der Waals surface area contributed by atoms with Crippen LogP contribution in [0.5, 0.6) is 0 Å². The van der Waals surface area contributed by atoms with Crippen molar-refractivity contribution >= 4 is 115 Å². The number of aromatic nitrogens is 6. The van der Waals surface area contributed by atoms with E-state index in [1.807, 2.05) is 24.3 Å². The minimum Gasteiger partial charge on any atom is -0.499 e. The smallest absolute Gasteiger partial charge is 0.329 e. The highest BCUT2D eigenvalue weighted by Crippen LogP contribution is 2.27. The highest BCUT2D eigenvalue weighted by Gasteiger charge is 2.34. The Morgan fingerprint density at radius 3 is 1.28 bits per heavy atom. The molecule has 27 nitrogen and oxygen atoms in total. The average Bonchev–Trinajstić information content (AvgIpc) is 3.68. The molecule has 3 aliphatic rings. The van der Waals surface area contributed by atoms with Gasteiger partial charge in [0.15, 0.2) is 0 Å². The van der Waals surface area contributed by atoms with Gasteiger partial charge in [0.1, 0.15) is 44.6 Å². The molecule has 6 amide bonds. The number of rotatable bonds is 16. The van der Waals surface area contributed by atoms with Crippen molar-refractivity contribution in [1.82, 2.24) is 49.5 Å². The number of carbonyl (C=O) groups excluding carboxylic acids is 6. The van der Waals surface area contributed by atoms with E-state index in [0.717, 1.165) is 27.4 Å². The number of carbonyl (C=O) groups is 6. The molecule has 0 bridgehead atoms. The second-order valence-electron chi connectivity index (χ2n) is 18.0. The van der Waals surface area contributed by atoms with Crippen LogP contribution < -0.4 is 39.2 Å². The predicted molar refractivity (Wildman–Crippen MR) is 307 cm³/mol. The number of halogens is 1. The largest absolute Gasteiger partial charge is 0.499 e. The van der Waals surface area contributed by atoms with Crippen LogP contribution in [0.3, 0.4) is 0 Å². The summed E-state index contributed by atoms with van der Waals surface area (Å²) in [5.41, 5.74) is 4.63. The third kappa shape index (κ3) is 16.3. The number of aliphatic hydroxyl groups excluding tert-OH is 2. The highest BCUT2D eigenvalue weighted by molar-refractivity contribution is 9.10. The first kappa shape index (κ1) is 64.7. The van der Waals surface area contributed by atoms with Crippen LogP contribution >= 0.6 is 15.9 Å². The van der Waals surface area contributed by atoms with Crippen LogP contribution in [0, 0.1) is 0 Å². The van der Waals surface area contributed by atoms with E-state index in [0.29, 0.717) is 47.0 Å². The van der Waals surface area contributed by atoms with E-state index < -0.39 is 46.0 Å². The lowest BCUT2D eigenvalue weighted by molar-refractivity contribution is -0.137. The van der Waals surface area contributed by atoms with E-state index in [-0.39, 0.29) is 99.7 Å². The number of imidazole rings is 3. The van der Waals surface area contributed by atoms with Crippen LogP contribution in [0.2, 0.25) is 0 Å². The number of imide groups is 3. The summed E-state index contributed by atoms with van der Waals surface area (Å²) in [6.45, 7) is 3.80. The molecule has 3 saturated heterocycles. The summed E-state index contributed by atoms with van der Waals surface area (Å²) in [5.74, 6) is -2.29. The van der Waals surface area contributed by atoms with Gasteiger partial charge in [-0.2, -0.15) is 8.42 Å². The van der Waals surface area contributed by atoms with E-state index >= 15 is 0 Å². The van der Waals surface area contributed by atoms with Crippen LogP contribution in [-0.4, -0.2) is 137 Å². The van der Waals surface area contributed by atoms with Crippen molar-refractivity contribution in [3.8, 4) is 0 Å². The second-order valence-corrected chi connectivity index (χ2v) is 20.6. The zero-order chi connectivity index (χ0) is 60.4. The maximum Gasteiger partial charge on any atom is 0.329 e. The van der Waals surface area contributed by atoms with E-state index in [1.54, 1.807) is 63.6 Å². The van der Waals surface area contributed by atoms with E-state index in [2.05, 4.69) is 55.8 Å². The monoisotopic (exact) mass is 1220 g/mol. The average molecular weight is 1230 g/mol. The van der Waals surface area contributed by atoms with E-state index in [9.17, 15) is 51.6 Å². The molecule has 440 valence electrons. The number of nitrogens with zero attached hydrogens (tertiary/aromatic N) is 6. The van der Waals surface area contributed by atoms with Gasteiger partial charge in [0.2, 0.25) is 35.4 Å². The van der Waals surface area contributed by atoms with Crippen molar-refractivity contribution in [3.05, 3.63) is 127 Å². The SMILES string of the molecule is C=COCCO.Cn1c(=O)n(C2CCC(=O)NC2=O)c2ccc(/C=C/OCCO)cc21.Cn1c(=O)n(C2CCC(=O)NC2=O)c2ccc(/C=C/OCCOS(C)(=O)=O)cc21.Cn1c(=O)n(C2CCC(=O)NC2=O)c2ccc(Br)cc21.N.[3H][B]. The van der Waals surface area contributed by atoms with Crippen molar-refractivity contribution in [1.29, 1.82) is 1.34 Å². The number of aliphatic hydroxyl groups is 2. The normalized spacial score (nSPS) is 17.2. The lowest BCUT2D eigenvalue weighted by atomic mass is 10.1. The van der Waals surface area contributed by atoms with Crippen LogP contribution in [0.4, 0.5) is 0 Å². The number of hydrogen-bond acceptors (Lipinski definition) is 18. The predicted octanol–water partition coefficient (Wildman–Crippen LogP) is 1.31. The van der Waals surface area contributed by atoms with Crippen molar-refractivity contribution in [2.75, 3.05) is 45.9 Å². The molecular formula is C52H64BBrN10O17S. The van der Waals surface area contributed by atoms with Gasteiger partial charge in [-0.05, 0) is 86.3 Å². The lowest BCUT2D eigenvalue weighted by Gasteiger charge is -2.21. The van der Waals surface area contributed by atoms with Crippen molar-refractivity contribution in [2.45, 2.75) is 56.7 Å². The number of hydrogen-bond donors (Lipinski definition) is 6. The van der Waals surface area contributed by atoms with Gasteiger partial charge in [0.25, 0.3) is 10.1 Å². The topological polar surface area (TPSA) is 366 Å². The van der Waals surface area contributed by atoms with Gasteiger partial charge in [-0.15, -0.1) is 0 Å². The molecule has 6 heterocycles. The number of nitrogens with one attached hydrogen (secondary N) is 3. The number of benzene rings is 3. The quantitative estimate of drug-likeness (QED) is 0.0262.